The Morgan fingerprint density at radius 2 is 1.54 bits per heavy atom. The minimum atomic E-state index is -0.490. The lowest BCUT2D eigenvalue weighted by molar-refractivity contribution is -0.136. The largest absolute Gasteiger partial charge is 0.427 e. The Balaban J connectivity index is 1.75. The number of esters is 2. The summed E-state index contributed by atoms with van der Waals surface area (Å²) in [6, 6.07) is 11.7. The monoisotopic (exact) mass is 430 g/mol. The molecule has 0 heterocycles. The number of halogens is 3. The summed E-state index contributed by atoms with van der Waals surface area (Å²) < 4.78 is 11.2. The zero-order chi connectivity index (χ0) is 17.5. The highest BCUT2D eigenvalue weighted by Crippen LogP contribution is 2.31. The van der Waals surface area contributed by atoms with Gasteiger partial charge in [0.2, 0.25) is 0 Å². The number of carbonyl (C=O) groups excluding carboxylic acids is 2. The highest BCUT2D eigenvalue weighted by Gasteiger charge is 2.12. The van der Waals surface area contributed by atoms with Crippen molar-refractivity contribution in [2.45, 2.75) is 19.3 Å². The van der Waals surface area contributed by atoms with Gasteiger partial charge in [0.25, 0.3) is 0 Å². The summed E-state index contributed by atoms with van der Waals surface area (Å²) >= 11 is 15.1. The summed E-state index contributed by atoms with van der Waals surface area (Å²) in [5, 5.41) is 0.488. The molecule has 0 atom stereocenters. The molecular formula is C17H13BrCl2O4. The zero-order valence-corrected chi connectivity index (χ0v) is 15.5. The normalized spacial score (nSPS) is 10.3. The van der Waals surface area contributed by atoms with E-state index in [1.54, 1.807) is 42.5 Å². The summed E-state index contributed by atoms with van der Waals surface area (Å²) in [6.45, 7) is 0. The van der Waals surface area contributed by atoms with Gasteiger partial charge in [0.05, 0.1) is 5.02 Å². The Bertz CT molecular complexity index is 732. The average molecular weight is 432 g/mol. The first-order valence-electron chi connectivity index (χ1n) is 7.06. The molecule has 0 saturated carbocycles. The molecular weight excluding hydrogens is 419 g/mol. The molecule has 4 nitrogen and oxygen atoms in total. The third kappa shape index (κ3) is 5.82. The van der Waals surface area contributed by atoms with Crippen LogP contribution in [0.2, 0.25) is 10.0 Å². The molecule has 2 aromatic carbocycles. The van der Waals surface area contributed by atoms with E-state index in [0.717, 1.165) is 4.47 Å². The van der Waals surface area contributed by atoms with Crippen molar-refractivity contribution in [3.05, 3.63) is 57.0 Å². The van der Waals surface area contributed by atoms with Gasteiger partial charge in [-0.15, -0.1) is 0 Å². The zero-order valence-electron chi connectivity index (χ0n) is 12.4. The van der Waals surface area contributed by atoms with E-state index in [1.165, 1.54) is 0 Å². The summed E-state index contributed by atoms with van der Waals surface area (Å²) in [4.78, 5) is 23.5. The second kappa shape index (κ2) is 9.06. The maximum atomic E-state index is 11.8. The van der Waals surface area contributed by atoms with E-state index in [9.17, 15) is 9.59 Å². The highest BCUT2D eigenvalue weighted by molar-refractivity contribution is 9.10. The predicted octanol–water partition coefficient (Wildman–Crippen LogP) is 5.44. The fourth-order valence-electron chi connectivity index (χ4n) is 1.80. The standard InChI is InChI=1S/C17H13BrCl2O4/c18-11-7-9-12(10-8-11)23-15(21)5-2-6-16(22)24-14-4-1-3-13(19)17(14)20/h1,3-4,7-10H,2,5-6H2. The number of benzene rings is 2. The molecule has 0 radical (unpaired) electrons. The molecule has 0 amide bonds. The quantitative estimate of drug-likeness (QED) is 0.451. The van der Waals surface area contributed by atoms with Crippen molar-refractivity contribution in [3.8, 4) is 11.5 Å². The third-order valence-corrected chi connectivity index (χ3v) is 4.28. The van der Waals surface area contributed by atoms with E-state index < -0.39 is 11.9 Å². The second-order valence-corrected chi connectivity index (χ2v) is 6.51. The lowest BCUT2D eigenvalue weighted by Gasteiger charge is -2.07. The molecule has 0 fully saturated rings. The van der Waals surface area contributed by atoms with Crippen molar-refractivity contribution in [2.75, 3.05) is 0 Å². The summed E-state index contributed by atoms with van der Waals surface area (Å²) in [6.07, 6.45) is 0.485. The first-order valence-corrected chi connectivity index (χ1v) is 8.61. The van der Waals surface area contributed by atoms with Crippen LogP contribution in [0, 0.1) is 0 Å². The van der Waals surface area contributed by atoms with E-state index in [1.807, 2.05) is 0 Å². The van der Waals surface area contributed by atoms with Crippen LogP contribution in [-0.2, 0) is 9.59 Å². The smallest absolute Gasteiger partial charge is 0.311 e. The topological polar surface area (TPSA) is 52.6 Å². The lowest BCUT2D eigenvalue weighted by Crippen LogP contribution is -2.11. The predicted molar refractivity (Wildman–Crippen MR) is 95.7 cm³/mol. The van der Waals surface area contributed by atoms with Crippen LogP contribution in [0.3, 0.4) is 0 Å². The number of hydrogen-bond acceptors (Lipinski definition) is 4. The third-order valence-electron chi connectivity index (χ3n) is 2.95. The molecule has 2 rings (SSSR count). The summed E-state index contributed by atoms with van der Waals surface area (Å²) in [5.41, 5.74) is 0. The van der Waals surface area contributed by atoms with Gasteiger partial charge in [-0.25, -0.2) is 0 Å². The highest BCUT2D eigenvalue weighted by atomic mass is 79.9. The van der Waals surface area contributed by atoms with Crippen molar-refractivity contribution in [3.63, 3.8) is 0 Å². The van der Waals surface area contributed by atoms with Crippen LogP contribution in [0.25, 0.3) is 0 Å². The molecule has 0 saturated heterocycles. The maximum absolute atomic E-state index is 11.8. The fraction of sp³-hybridized carbons (Fsp3) is 0.176. The minimum absolute atomic E-state index is 0.0677. The van der Waals surface area contributed by atoms with Crippen molar-refractivity contribution < 1.29 is 19.1 Å². The van der Waals surface area contributed by atoms with Gasteiger partial charge < -0.3 is 9.47 Å². The first kappa shape index (κ1) is 18.8. The van der Waals surface area contributed by atoms with E-state index >= 15 is 0 Å². The van der Waals surface area contributed by atoms with Gasteiger partial charge in [0, 0.05) is 17.3 Å². The average Bonchev–Trinajstić information content (AvgIpc) is 2.54. The van der Waals surface area contributed by atoms with Crippen molar-refractivity contribution in [1.82, 2.24) is 0 Å². The van der Waals surface area contributed by atoms with Crippen LogP contribution in [-0.4, -0.2) is 11.9 Å². The fourth-order valence-corrected chi connectivity index (χ4v) is 2.39. The molecule has 0 aliphatic heterocycles. The number of rotatable bonds is 6. The van der Waals surface area contributed by atoms with E-state index in [2.05, 4.69) is 15.9 Å². The van der Waals surface area contributed by atoms with E-state index in [4.69, 9.17) is 32.7 Å². The summed E-state index contributed by atoms with van der Waals surface area (Å²) in [7, 11) is 0. The Kier molecular flexibility index (Phi) is 7.09. The van der Waals surface area contributed by atoms with E-state index in [-0.39, 0.29) is 23.6 Å². The van der Waals surface area contributed by atoms with Crippen molar-refractivity contribution in [1.29, 1.82) is 0 Å². The molecule has 24 heavy (non-hydrogen) atoms. The Morgan fingerprint density at radius 1 is 0.917 bits per heavy atom. The SMILES string of the molecule is O=C(CCCC(=O)Oc1cccc(Cl)c1Cl)Oc1ccc(Br)cc1. The Hall–Kier alpha value is -1.56. The maximum Gasteiger partial charge on any atom is 0.311 e. The van der Waals surface area contributed by atoms with Crippen molar-refractivity contribution >= 4 is 51.1 Å². The Morgan fingerprint density at radius 3 is 2.21 bits per heavy atom. The number of ether oxygens (including phenoxy) is 2. The Labute approximate surface area is 157 Å². The van der Waals surface area contributed by atoms with Gasteiger partial charge >= 0.3 is 11.9 Å². The van der Waals surface area contributed by atoms with Gasteiger partial charge in [-0.1, -0.05) is 45.2 Å². The van der Waals surface area contributed by atoms with Crippen LogP contribution in [0.15, 0.2) is 46.9 Å². The first-order chi connectivity index (χ1) is 11.5. The van der Waals surface area contributed by atoms with E-state index in [0.29, 0.717) is 17.2 Å². The molecule has 0 aliphatic rings. The molecule has 126 valence electrons. The van der Waals surface area contributed by atoms with Crippen LogP contribution >= 0.6 is 39.1 Å². The molecule has 0 bridgehead atoms. The van der Waals surface area contributed by atoms with Gasteiger partial charge in [0.15, 0.2) is 5.75 Å². The number of carbonyl (C=O) groups is 2. The molecule has 0 aromatic heterocycles. The van der Waals surface area contributed by atoms with Crippen LogP contribution < -0.4 is 9.47 Å². The van der Waals surface area contributed by atoms with Crippen LogP contribution in [0.5, 0.6) is 11.5 Å². The minimum Gasteiger partial charge on any atom is -0.427 e. The van der Waals surface area contributed by atoms with Gasteiger partial charge in [0.1, 0.15) is 10.8 Å². The molecule has 7 heteroatoms. The van der Waals surface area contributed by atoms with Crippen LogP contribution in [0.1, 0.15) is 19.3 Å². The van der Waals surface area contributed by atoms with Crippen LogP contribution in [0.4, 0.5) is 0 Å². The second-order valence-electron chi connectivity index (χ2n) is 4.81. The summed E-state index contributed by atoms with van der Waals surface area (Å²) in [5.74, 6) is -0.246. The molecule has 0 N–H and O–H groups in total. The number of hydrogen-bond donors (Lipinski definition) is 0. The molecule has 2 aromatic rings. The molecule has 0 spiro atoms. The molecule has 0 unspecified atom stereocenters. The van der Waals surface area contributed by atoms with Gasteiger partial charge in [-0.05, 0) is 42.8 Å². The van der Waals surface area contributed by atoms with Crippen molar-refractivity contribution in [2.24, 2.45) is 0 Å². The van der Waals surface area contributed by atoms with Gasteiger partial charge in [-0.3, -0.25) is 9.59 Å². The van der Waals surface area contributed by atoms with Gasteiger partial charge in [-0.2, -0.15) is 0 Å². The lowest BCUT2D eigenvalue weighted by atomic mass is 10.2. The molecule has 0 aliphatic carbocycles.